The van der Waals surface area contributed by atoms with Gasteiger partial charge in [0.05, 0.1) is 12.2 Å². The molecule has 1 aromatic heterocycles. The predicted molar refractivity (Wildman–Crippen MR) is 46.8 cm³/mol. The van der Waals surface area contributed by atoms with Crippen LogP contribution in [0.4, 0.5) is 0 Å². The van der Waals surface area contributed by atoms with Crippen LogP contribution in [0.15, 0.2) is 17.5 Å². The second kappa shape index (κ2) is 2.62. The number of hydrazone groups is 1. The molecule has 2 heterocycles. The molecule has 0 spiro atoms. The smallest absolute Gasteiger partial charge is 0.0772 e. The summed E-state index contributed by atoms with van der Waals surface area (Å²) in [7, 11) is 1.92. The molecule has 0 bridgehead atoms. The Morgan fingerprint density at radius 2 is 2.50 bits per heavy atom. The number of aromatic nitrogens is 2. The molecule has 0 saturated carbocycles. The molecule has 1 unspecified atom stereocenters. The van der Waals surface area contributed by atoms with Crippen LogP contribution in [0.2, 0.25) is 0 Å². The number of nitrogens with one attached hydrogen (secondary N) is 1. The van der Waals surface area contributed by atoms with Crippen LogP contribution in [0.25, 0.3) is 0 Å². The highest BCUT2D eigenvalue weighted by atomic mass is 15.3. The van der Waals surface area contributed by atoms with Gasteiger partial charge in [0, 0.05) is 30.9 Å². The van der Waals surface area contributed by atoms with Gasteiger partial charge in [-0.2, -0.15) is 10.2 Å². The Balaban J connectivity index is 2.13. The summed E-state index contributed by atoms with van der Waals surface area (Å²) < 4.78 is 1.81. The maximum Gasteiger partial charge on any atom is 0.0772 e. The Morgan fingerprint density at radius 1 is 1.67 bits per heavy atom. The van der Waals surface area contributed by atoms with E-state index in [0.717, 1.165) is 12.1 Å². The molecule has 0 aliphatic carbocycles. The van der Waals surface area contributed by atoms with Crippen molar-refractivity contribution in [3.05, 3.63) is 18.0 Å². The van der Waals surface area contributed by atoms with Crippen LogP contribution in [-0.4, -0.2) is 15.5 Å². The lowest BCUT2D eigenvalue weighted by Gasteiger charge is -2.04. The molecular weight excluding hydrogens is 152 g/mol. The van der Waals surface area contributed by atoms with Crippen LogP contribution in [0, 0.1) is 0 Å². The molecule has 1 N–H and O–H groups in total. The van der Waals surface area contributed by atoms with Gasteiger partial charge in [-0.05, 0) is 6.92 Å². The zero-order valence-electron chi connectivity index (χ0n) is 7.28. The van der Waals surface area contributed by atoms with Crippen molar-refractivity contribution in [3.63, 3.8) is 0 Å². The molecular formula is C8H12N4. The van der Waals surface area contributed by atoms with Gasteiger partial charge in [-0.15, -0.1) is 0 Å². The lowest BCUT2D eigenvalue weighted by atomic mass is 10.1. The van der Waals surface area contributed by atoms with Crippen molar-refractivity contribution in [2.24, 2.45) is 12.1 Å². The Hall–Kier alpha value is -1.32. The normalized spacial score (nSPS) is 22.2. The van der Waals surface area contributed by atoms with Crippen LogP contribution >= 0.6 is 0 Å². The molecule has 4 nitrogen and oxygen atoms in total. The van der Waals surface area contributed by atoms with Gasteiger partial charge in [-0.25, -0.2) is 0 Å². The predicted octanol–water partition coefficient (Wildman–Crippen LogP) is 0.830. The van der Waals surface area contributed by atoms with Crippen LogP contribution in [0.5, 0.6) is 0 Å². The Kier molecular flexibility index (Phi) is 1.60. The summed E-state index contributed by atoms with van der Waals surface area (Å²) in [6, 6.07) is 0.332. The monoisotopic (exact) mass is 164 g/mol. The summed E-state index contributed by atoms with van der Waals surface area (Å²) >= 11 is 0. The van der Waals surface area contributed by atoms with Crippen molar-refractivity contribution >= 4 is 5.71 Å². The van der Waals surface area contributed by atoms with Crippen LogP contribution < -0.4 is 5.43 Å². The van der Waals surface area contributed by atoms with E-state index in [4.69, 9.17) is 0 Å². The fraction of sp³-hybridized carbons (Fsp3) is 0.500. The first kappa shape index (κ1) is 7.34. The molecule has 0 fully saturated rings. The standard InChI is InChI=1S/C8H12N4/c1-6-3-8(11-10-6)7-4-9-12(2)5-7/h4-5,8,11H,3H2,1-2H3. The third kappa shape index (κ3) is 1.20. The second-order valence-corrected chi connectivity index (χ2v) is 3.18. The van der Waals surface area contributed by atoms with Gasteiger partial charge in [0.1, 0.15) is 0 Å². The van der Waals surface area contributed by atoms with Gasteiger partial charge in [-0.3, -0.25) is 4.68 Å². The zero-order valence-corrected chi connectivity index (χ0v) is 7.28. The van der Waals surface area contributed by atoms with Crippen molar-refractivity contribution in [1.29, 1.82) is 0 Å². The molecule has 1 aliphatic rings. The highest BCUT2D eigenvalue weighted by Gasteiger charge is 2.17. The molecule has 0 aromatic carbocycles. The average Bonchev–Trinajstić information content (AvgIpc) is 2.58. The van der Waals surface area contributed by atoms with E-state index in [1.165, 1.54) is 5.56 Å². The van der Waals surface area contributed by atoms with Crippen molar-refractivity contribution in [2.45, 2.75) is 19.4 Å². The molecule has 0 saturated heterocycles. The summed E-state index contributed by atoms with van der Waals surface area (Å²) in [6.07, 6.45) is 4.89. The van der Waals surface area contributed by atoms with Gasteiger partial charge in [0.2, 0.25) is 0 Å². The van der Waals surface area contributed by atoms with E-state index >= 15 is 0 Å². The molecule has 0 radical (unpaired) electrons. The molecule has 1 atom stereocenters. The molecule has 64 valence electrons. The van der Waals surface area contributed by atoms with E-state index in [1.807, 2.05) is 31.0 Å². The lowest BCUT2D eigenvalue weighted by molar-refractivity contribution is 0.619. The quantitative estimate of drug-likeness (QED) is 0.668. The van der Waals surface area contributed by atoms with E-state index in [9.17, 15) is 0 Å². The van der Waals surface area contributed by atoms with Gasteiger partial charge < -0.3 is 5.43 Å². The number of hydrogen-bond acceptors (Lipinski definition) is 3. The topological polar surface area (TPSA) is 42.2 Å². The minimum absolute atomic E-state index is 0.332. The Morgan fingerprint density at radius 3 is 3.00 bits per heavy atom. The number of rotatable bonds is 1. The van der Waals surface area contributed by atoms with Gasteiger partial charge in [0.15, 0.2) is 0 Å². The maximum atomic E-state index is 4.13. The van der Waals surface area contributed by atoms with Crippen LogP contribution in [0.1, 0.15) is 24.9 Å². The van der Waals surface area contributed by atoms with Crippen molar-refractivity contribution in [2.75, 3.05) is 0 Å². The first-order valence-electron chi connectivity index (χ1n) is 4.03. The average molecular weight is 164 g/mol. The number of hydrogen-bond donors (Lipinski definition) is 1. The van der Waals surface area contributed by atoms with Crippen molar-refractivity contribution < 1.29 is 0 Å². The van der Waals surface area contributed by atoms with Gasteiger partial charge in [0.25, 0.3) is 0 Å². The van der Waals surface area contributed by atoms with Crippen molar-refractivity contribution in [3.8, 4) is 0 Å². The fourth-order valence-corrected chi connectivity index (χ4v) is 1.39. The van der Waals surface area contributed by atoms with Crippen molar-refractivity contribution in [1.82, 2.24) is 15.2 Å². The summed E-state index contributed by atoms with van der Waals surface area (Å²) in [5.74, 6) is 0. The number of nitrogens with zero attached hydrogens (tertiary/aromatic N) is 3. The fourth-order valence-electron chi connectivity index (χ4n) is 1.39. The molecule has 4 heteroatoms. The molecule has 2 rings (SSSR count). The van der Waals surface area contributed by atoms with E-state index in [1.54, 1.807) is 0 Å². The van der Waals surface area contributed by atoms with Gasteiger partial charge >= 0.3 is 0 Å². The first-order chi connectivity index (χ1) is 5.75. The number of aryl methyl sites for hydroxylation is 1. The summed E-state index contributed by atoms with van der Waals surface area (Å²) in [4.78, 5) is 0. The SMILES string of the molecule is CC1=NNC(c2cnn(C)c2)C1. The van der Waals surface area contributed by atoms with E-state index < -0.39 is 0 Å². The largest absolute Gasteiger partial charge is 0.302 e. The maximum absolute atomic E-state index is 4.13. The Bertz CT molecular complexity index is 313. The lowest BCUT2D eigenvalue weighted by Crippen LogP contribution is -2.08. The molecule has 1 aliphatic heterocycles. The highest BCUT2D eigenvalue weighted by molar-refractivity contribution is 5.83. The highest BCUT2D eigenvalue weighted by Crippen LogP contribution is 2.20. The minimum Gasteiger partial charge on any atom is -0.302 e. The Labute approximate surface area is 71.3 Å². The second-order valence-electron chi connectivity index (χ2n) is 3.18. The third-order valence-electron chi connectivity index (χ3n) is 2.04. The van der Waals surface area contributed by atoms with Crippen LogP contribution in [-0.2, 0) is 7.05 Å². The summed E-state index contributed by atoms with van der Waals surface area (Å²) in [6.45, 7) is 2.03. The summed E-state index contributed by atoms with van der Waals surface area (Å²) in [5, 5.41) is 8.24. The van der Waals surface area contributed by atoms with Gasteiger partial charge in [-0.1, -0.05) is 0 Å². The van der Waals surface area contributed by atoms with Crippen LogP contribution in [0.3, 0.4) is 0 Å². The van der Waals surface area contributed by atoms with E-state index in [-0.39, 0.29) is 0 Å². The third-order valence-corrected chi connectivity index (χ3v) is 2.04. The molecule has 0 amide bonds. The zero-order chi connectivity index (χ0) is 8.55. The first-order valence-corrected chi connectivity index (χ1v) is 4.03. The molecule has 12 heavy (non-hydrogen) atoms. The molecule has 1 aromatic rings. The van der Waals surface area contributed by atoms with E-state index in [0.29, 0.717) is 6.04 Å². The van der Waals surface area contributed by atoms with E-state index in [2.05, 4.69) is 15.6 Å². The summed E-state index contributed by atoms with van der Waals surface area (Å²) in [5.41, 5.74) is 5.43. The minimum atomic E-state index is 0.332.